The lowest BCUT2D eigenvalue weighted by atomic mass is 9.70. The number of furan rings is 1. The van der Waals surface area contributed by atoms with E-state index in [9.17, 15) is 0 Å². The highest BCUT2D eigenvalue weighted by molar-refractivity contribution is 5.10. The highest BCUT2D eigenvalue weighted by atomic mass is 16.3. The van der Waals surface area contributed by atoms with Gasteiger partial charge in [-0.15, -0.1) is 0 Å². The van der Waals surface area contributed by atoms with Crippen LogP contribution in [0, 0.1) is 17.3 Å². The van der Waals surface area contributed by atoms with Crippen LogP contribution < -0.4 is 5.32 Å². The van der Waals surface area contributed by atoms with Crippen LogP contribution in [-0.2, 0) is 6.42 Å². The van der Waals surface area contributed by atoms with Crippen molar-refractivity contribution in [3.05, 3.63) is 24.2 Å². The summed E-state index contributed by atoms with van der Waals surface area (Å²) in [5, 5.41) is 3.79. The fourth-order valence-corrected chi connectivity index (χ4v) is 4.45. The Bertz CT molecular complexity index is 409. The second-order valence-electron chi connectivity index (χ2n) is 6.85. The van der Waals surface area contributed by atoms with E-state index < -0.39 is 0 Å². The van der Waals surface area contributed by atoms with Crippen molar-refractivity contribution >= 4 is 0 Å². The van der Waals surface area contributed by atoms with Gasteiger partial charge in [0.05, 0.1) is 6.26 Å². The minimum Gasteiger partial charge on any atom is -0.469 e. The van der Waals surface area contributed by atoms with E-state index in [0.717, 1.165) is 24.3 Å². The molecule has 0 aliphatic heterocycles. The van der Waals surface area contributed by atoms with Crippen LogP contribution in [0.15, 0.2) is 22.8 Å². The Balaban J connectivity index is 1.52. The van der Waals surface area contributed by atoms with Crippen LogP contribution >= 0.6 is 0 Å². The van der Waals surface area contributed by atoms with Crippen LogP contribution in [0.1, 0.15) is 44.3 Å². The first kappa shape index (κ1) is 11.1. The van der Waals surface area contributed by atoms with Crippen LogP contribution in [0.3, 0.4) is 0 Å². The van der Waals surface area contributed by atoms with Crippen molar-refractivity contribution in [3.63, 3.8) is 0 Å². The highest BCUT2D eigenvalue weighted by Gasteiger charge is 2.51. The molecule has 3 unspecified atom stereocenters. The number of nitrogens with one attached hydrogen (secondary N) is 1. The van der Waals surface area contributed by atoms with Crippen LogP contribution in [0.2, 0.25) is 0 Å². The van der Waals surface area contributed by atoms with Crippen LogP contribution in [0.25, 0.3) is 0 Å². The zero-order chi connectivity index (χ0) is 12.0. The molecule has 1 aromatic heterocycles. The summed E-state index contributed by atoms with van der Waals surface area (Å²) in [4.78, 5) is 0. The first-order valence-electron chi connectivity index (χ1n) is 7.60. The summed E-state index contributed by atoms with van der Waals surface area (Å²) < 4.78 is 5.62. The van der Waals surface area contributed by atoms with Crippen molar-refractivity contribution in [2.24, 2.45) is 17.3 Å². The van der Waals surface area contributed by atoms with Gasteiger partial charge in [-0.2, -0.15) is 0 Å². The molecule has 3 aliphatic carbocycles. The predicted octanol–water partition coefficient (Wildman–Crippen LogP) is 3.38. The fraction of sp³-hybridized carbons (Fsp3) is 0.750. The molecule has 2 nitrogen and oxygen atoms in total. The topological polar surface area (TPSA) is 25.2 Å². The van der Waals surface area contributed by atoms with Gasteiger partial charge in [0.15, 0.2) is 0 Å². The van der Waals surface area contributed by atoms with Crippen LogP contribution in [0.5, 0.6) is 0 Å². The average molecular weight is 245 g/mol. The largest absolute Gasteiger partial charge is 0.469 e. The van der Waals surface area contributed by atoms with E-state index >= 15 is 0 Å². The Morgan fingerprint density at radius 3 is 2.83 bits per heavy atom. The van der Waals surface area contributed by atoms with Crippen molar-refractivity contribution in [2.45, 2.75) is 51.0 Å². The molecule has 0 aromatic carbocycles. The average Bonchev–Trinajstić information content (AvgIpc) is 2.80. The van der Waals surface area contributed by atoms with Crippen molar-refractivity contribution in [1.29, 1.82) is 0 Å². The Hall–Kier alpha value is -0.760. The minimum absolute atomic E-state index is 0.503. The number of hydrogen-bond donors (Lipinski definition) is 1. The SMILES string of the molecule is c1coc(CC2(CNC3CC3)CC3CCC2C3)c1. The monoisotopic (exact) mass is 245 g/mol. The van der Waals surface area contributed by atoms with Crippen molar-refractivity contribution in [2.75, 3.05) is 6.54 Å². The van der Waals surface area contributed by atoms with E-state index in [0.29, 0.717) is 5.41 Å². The molecule has 1 N–H and O–H groups in total. The van der Waals surface area contributed by atoms with E-state index in [1.165, 1.54) is 50.8 Å². The molecule has 98 valence electrons. The van der Waals surface area contributed by atoms with Gasteiger partial charge in [0.2, 0.25) is 0 Å². The van der Waals surface area contributed by atoms with E-state index in [1.54, 1.807) is 0 Å². The molecule has 4 rings (SSSR count). The molecule has 2 heteroatoms. The van der Waals surface area contributed by atoms with Crippen LogP contribution in [0.4, 0.5) is 0 Å². The Morgan fingerprint density at radius 1 is 1.28 bits per heavy atom. The summed E-state index contributed by atoms with van der Waals surface area (Å²) in [7, 11) is 0. The van der Waals surface area contributed by atoms with Gasteiger partial charge in [0.25, 0.3) is 0 Å². The van der Waals surface area contributed by atoms with Crippen LogP contribution in [-0.4, -0.2) is 12.6 Å². The third kappa shape index (κ3) is 1.91. The highest BCUT2D eigenvalue weighted by Crippen LogP contribution is 2.57. The number of rotatable bonds is 5. The third-order valence-electron chi connectivity index (χ3n) is 5.53. The van der Waals surface area contributed by atoms with Gasteiger partial charge in [-0.25, -0.2) is 0 Å². The minimum atomic E-state index is 0.503. The Labute approximate surface area is 109 Å². The Kier molecular flexibility index (Phi) is 2.54. The third-order valence-corrected chi connectivity index (χ3v) is 5.53. The first-order valence-corrected chi connectivity index (χ1v) is 7.60. The second kappa shape index (κ2) is 4.12. The summed E-state index contributed by atoms with van der Waals surface area (Å²) >= 11 is 0. The molecule has 0 amide bonds. The summed E-state index contributed by atoms with van der Waals surface area (Å²) in [6.07, 6.45) is 11.6. The van der Waals surface area contributed by atoms with Gasteiger partial charge in [0.1, 0.15) is 5.76 Å². The molecular formula is C16H23NO. The molecule has 0 spiro atoms. The molecule has 3 atom stereocenters. The predicted molar refractivity (Wildman–Crippen MR) is 71.3 cm³/mol. The van der Waals surface area contributed by atoms with E-state index in [-0.39, 0.29) is 0 Å². The zero-order valence-corrected chi connectivity index (χ0v) is 11.0. The summed E-state index contributed by atoms with van der Waals surface area (Å²) in [5.41, 5.74) is 0.503. The molecule has 3 aliphatic rings. The smallest absolute Gasteiger partial charge is 0.104 e. The molecule has 18 heavy (non-hydrogen) atoms. The molecule has 3 saturated carbocycles. The lowest BCUT2D eigenvalue weighted by Crippen LogP contribution is -2.41. The van der Waals surface area contributed by atoms with Crippen molar-refractivity contribution in [3.8, 4) is 0 Å². The van der Waals surface area contributed by atoms with Gasteiger partial charge in [-0.05, 0) is 61.5 Å². The van der Waals surface area contributed by atoms with E-state index in [2.05, 4.69) is 11.4 Å². The molecule has 2 bridgehead atoms. The maximum atomic E-state index is 5.62. The lowest BCUT2D eigenvalue weighted by Gasteiger charge is -2.37. The van der Waals surface area contributed by atoms with Crippen molar-refractivity contribution in [1.82, 2.24) is 5.32 Å². The fourth-order valence-electron chi connectivity index (χ4n) is 4.45. The van der Waals surface area contributed by atoms with Gasteiger partial charge in [-0.1, -0.05) is 6.42 Å². The first-order chi connectivity index (χ1) is 8.84. The van der Waals surface area contributed by atoms with Gasteiger partial charge in [-0.3, -0.25) is 0 Å². The summed E-state index contributed by atoms with van der Waals surface area (Å²) in [6.45, 7) is 1.22. The standard InChI is InChI=1S/C16H23NO/c1-2-15(18-7-1)10-16(11-17-14-5-6-14)9-12-3-4-13(16)8-12/h1-2,7,12-14,17H,3-6,8-11H2. The zero-order valence-electron chi connectivity index (χ0n) is 11.0. The number of fused-ring (bicyclic) bond motifs is 2. The molecule has 0 saturated heterocycles. The van der Waals surface area contributed by atoms with Gasteiger partial charge < -0.3 is 9.73 Å². The maximum Gasteiger partial charge on any atom is 0.104 e. The quantitative estimate of drug-likeness (QED) is 0.860. The molecular weight excluding hydrogens is 222 g/mol. The summed E-state index contributed by atoms with van der Waals surface area (Å²) in [5.74, 6) is 3.14. The molecule has 0 radical (unpaired) electrons. The lowest BCUT2D eigenvalue weighted by molar-refractivity contribution is 0.146. The molecule has 1 aromatic rings. The maximum absolute atomic E-state index is 5.62. The van der Waals surface area contributed by atoms with Gasteiger partial charge >= 0.3 is 0 Å². The van der Waals surface area contributed by atoms with E-state index in [1.807, 2.05) is 12.3 Å². The Morgan fingerprint density at radius 2 is 2.22 bits per heavy atom. The molecule has 3 fully saturated rings. The summed E-state index contributed by atoms with van der Waals surface area (Å²) in [6, 6.07) is 5.02. The second-order valence-corrected chi connectivity index (χ2v) is 6.85. The van der Waals surface area contributed by atoms with Gasteiger partial charge in [0, 0.05) is 19.0 Å². The molecule has 1 heterocycles. The van der Waals surface area contributed by atoms with Crippen molar-refractivity contribution < 1.29 is 4.42 Å². The normalized spacial score (nSPS) is 38.4. The van der Waals surface area contributed by atoms with E-state index in [4.69, 9.17) is 4.42 Å². The number of hydrogen-bond acceptors (Lipinski definition) is 2.